The van der Waals surface area contributed by atoms with E-state index in [4.69, 9.17) is 10.4 Å². The molecule has 0 aliphatic rings. The Morgan fingerprint density at radius 3 is 2.88 bits per heavy atom. The van der Waals surface area contributed by atoms with Gasteiger partial charge >= 0.3 is 0 Å². The molecular formula is C12H15FN2O. The number of nitriles is 1. The van der Waals surface area contributed by atoms with Crippen LogP contribution in [-0.2, 0) is 6.54 Å². The summed E-state index contributed by atoms with van der Waals surface area (Å²) in [6, 6.07) is 6.07. The largest absolute Gasteiger partial charge is 0.395 e. The Morgan fingerprint density at radius 1 is 1.56 bits per heavy atom. The zero-order valence-electron chi connectivity index (χ0n) is 9.20. The first-order valence-electron chi connectivity index (χ1n) is 5.24. The molecule has 0 heterocycles. The Balaban J connectivity index is 2.73. The van der Waals surface area contributed by atoms with E-state index in [-0.39, 0.29) is 18.5 Å². The molecule has 3 nitrogen and oxygen atoms in total. The van der Waals surface area contributed by atoms with E-state index in [0.29, 0.717) is 17.7 Å². The fraction of sp³-hybridized carbons (Fsp3) is 0.417. The van der Waals surface area contributed by atoms with Crippen molar-refractivity contribution in [2.24, 2.45) is 0 Å². The fourth-order valence-electron chi connectivity index (χ4n) is 1.41. The van der Waals surface area contributed by atoms with Gasteiger partial charge in [-0.05, 0) is 30.2 Å². The van der Waals surface area contributed by atoms with Gasteiger partial charge in [-0.2, -0.15) is 5.26 Å². The molecule has 0 saturated heterocycles. The summed E-state index contributed by atoms with van der Waals surface area (Å²) in [5.74, 6) is -0.354. The predicted molar refractivity (Wildman–Crippen MR) is 59.1 cm³/mol. The highest BCUT2D eigenvalue weighted by atomic mass is 19.1. The quantitative estimate of drug-likeness (QED) is 0.794. The summed E-state index contributed by atoms with van der Waals surface area (Å²) >= 11 is 0. The van der Waals surface area contributed by atoms with Crippen LogP contribution in [0, 0.1) is 17.1 Å². The van der Waals surface area contributed by atoms with Crippen LogP contribution in [0.4, 0.5) is 4.39 Å². The lowest BCUT2D eigenvalue weighted by Crippen LogP contribution is -2.31. The molecule has 1 rings (SSSR count). The Kier molecular flexibility index (Phi) is 4.90. The van der Waals surface area contributed by atoms with Crippen LogP contribution in [-0.4, -0.2) is 17.8 Å². The standard InChI is InChI=1S/C12H15FN2O/c1-2-12(8-16)15-7-10-5-11(13)4-3-9(10)6-14/h3-5,12,15-16H,2,7-8H2,1H3. The van der Waals surface area contributed by atoms with E-state index in [1.807, 2.05) is 13.0 Å². The molecule has 2 N–H and O–H groups in total. The molecule has 0 bridgehead atoms. The van der Waals surface area contributed by atoms with E-state index in [2.05, 4.69) is 5.32 Å². The van der Waals surface area contributed by atoms with Crippen molar-refractivity contribution in [3.05, 3.63) is 35.1 Å². The number of nitrogens with one attached hydrogen (secondary N) is 1. The summed E-state index contributed by atoms with van der Waals surface area (Å²) < 4.78 is 13.0. The van der Waals surface area contributed by atoms with Crippen LogP contribution in [0.1, 0.15) is 24.5 Å². The van der Waals surface area contributed by atoms with E-state index in [9.17, 15) is 4.39 Å². The van der Waals surface area contributed by atoms with Crippen molar-refractivity contribution in [3.8, 4) is 6.07 Å². The Labute approximate surface area is 94.5 Å². The van der Waals surface area contributed by atoms with Gasteiger partial charge in [0, 0.05) is 12.6 Å². The number of benzene rings is 1. The molecule has 0 aromatic heterocycles. The first-order chi connectivity index (χ1) is 7.71. The molecule has 0 amide bonds. The first-order valence-corrected chi connectivity index (χ1v) is 5.24. The summed E-state index contributed by atoms with van der Waals surface area (Å²) in [7, 11) is 0. The third kappa shape index (κ3) is 3.30. The van der Waals surface area contributed by atoms with Crippen LogP contribution in [0.2, 0.25) is 0 Å². The van der Waals surface area contributed by atoms with Crippen LogP contribution >= 0.6 is 0 Å². The Hall–Kier alpha value is -1.44. The van der Waals surface area contributed by atoms with Gasteiger partial charge in [-0.15, -0.1) is 0 Å². The predicted octanol–water partition coefficient (Wildman–Crippen LogP) is 1.56. The minimum Gasteiger partial charge on any atom is -0.395 e. The third-order valence-corrected chi connectivity index (χ3v) is 2.48. The second-order valence-electron chi connectivity index (χ2n) is 3.58. The lowest BCUT2D eigenvalue weighted by molar-refractivity contribution is 0.238. The van der Waals surface area contributed by atoms with Gasteiger partial charge in [0.15, 0.2) is 0 Å². The highest BCUT2D eigenvalue weighted by Gasteiger charge is 2.07. The maximum Gasteiger partial charge on any atom is 0.123 e. The minimum atomic E-state index is -0.354. The van der Waals surface area contributed by atoms with Crippen molar-refractivity contribution in [2.75, 3.05) is 6.61 Å². The summed E-state index contributed by atoms with van der Waals surface area (Å²) in [5.41, 5.74) is 1.08. The summed E-state index contributed by atoms with van der Waals surface area (Å²) in [6.07, 6.45) is 0.785. The topological polar surface area (TPSA) is 56.0 Å². The molecule has 0 fully saturated rings. The average Bonchev–Trinajstić information content (AvgIpc) is 2.30. The van der Waals surface area contributed by atoms with E-state index in [0.717, 1.165) is 6.42 Å². The number of hydrogen-bond acceptors (Lipinski definition) is 3. The van der Waals surface area contributed by atoms with Crippen LogP contribution in [0.25, 0.3) is 0 Å². The third-order valence-electron chi connectivity index (χ3n) is 2.48. The summed E-state index contributed by atoms with van der Waals surface area (Å²) in [5, 5.41) is 20.9. The lowest BCUT2D eigenvalue weighted by atomic mass is 10.1. The van der Waals surface area contributed by atoms with Gasteiger partial charge in [0.1, 0.15) is 5.82 Å². The molecular weight excluding hydrogens is 207 g/mol. The zero-order valence-corrected chi connectivity index (χ0v) is 9.20. The van der Waals surface area contributed by atoms with Gasteiger partial charge in [-0.25, -0.2) is 4.39 Å². The maximum absolute atomic E-state index is 13.0. The monoisotopic (exact) mass is 222 g/mol. The Bertz CT molecular complexity index is 383. The highest BCUT2D eigenvalue weighted by Crippen LogP contribution is 2.10. The number of aliphatic hydroxyl groups excluding tert-OH is 1. The number of halogens is 1. The summed E-state index contributed by atoms with van der Waals surface area (Å²) in [4.78, 5) is 0. The normalized spacial score (nSPS) is 12.1. The number of aliphatic hydroxyl groups is 1. The molecule has 16 heavy (non-hydrogen) atoms. The van der Waals surface area contributed by atoms with Crippen molar-refractivity contribution in [1.29, 1.82) is 5.26 Å². The van der Waals surface area contributed by atoms with Gasteiger partial charge in [0.2, 0.25) is 0 Å². The second kappa shape index (κ2) is 6.21. The first kappa shape index (κ1) is 12.6. The number of nitrogens with zero attached hydrogens (tertiary/aromatic N) is 1. The van der Waals surface area contributed by atoms with Gasteiger partial charge in [-0.1, -0.05) is 6.92 Å². The van der Waals surface area contributed by atoms with Crippen molar-refractivity contribution < 1.29 is 9.50 Å². The van der Waals surface area contributed by atoms with Gasteiger partial charge in [-0.3, -0.25) is 0 Å². The molecule has 1 atom stereocenters. The van der Waals surface area contributed by atoms with E-state index >= 15 is 0 Å². The summed E-state index contributed by atoms with van der Waals surface area (Å²) in [6.45, 7) is 2.37. The number of rotatable bonds is 5. The molecule has 0 aliphatic heterocycles. The molecule has 0 saturated carbocycles. The zero-order chi connectivity index (χ0) is 12.0. The molecule has 0 aliphatic carbocycles. The molecule has 86 valence electrons. The smallest absolute Gasteiger partial charge is 0.123 e. The second-order valence-corrected chi connectivity index (χ2v) is 3.58. The van der Waals surface area contributed by atoms with Crippen molar-refractivity contribution in [1.82, 2.24) is 5.32 Å². The SMILES string of the molecule is CCC(CO)NCc1cc(F)ccc1C#N. The molecule has 4 heteroatoms. The van der Waals surface area contributed by atoms with Crippen LogP contribution in [0.15, 0.2) is 18.2 Å². The van der Waals surface area contributed by atoms with Crippen LogP contribution < -0.4 is 5.32 Å². The maximum atomic E-state index is 13.0. The van der Waals surface area contributed by atoms with E-state index in [1.54, 1.807) is 0 Å². The molecule has 1 aromatic carbocycles. The van der Waals surface area contributed by atoms with Gasteiger partial charge in [0.05, 0.1) is 18.2 Å². The lowest BCUT2D eigenvalue weighted by Gasteiger charge is -2.14. The molecule has 1 unspecified atom stereocenters. The van der Waals surface area contributed by atoms with E-state index in [1.165, 1.54) is 18.2 Å². The van der Waals surface area contributed by atoms with Gasteiger partial charge < -0.3 is 10.4 Å². The van der Waals surface area contributed by atoms with Crippen molar-refractivity contribution >= 4 is 0 Å². The highest BCUT2D eigenvalue weighted by molar-refractivity contribution is 5.37. The Morgan fingerprint density at radius 2 is 2.31 bits per heavy atom. The molecule has 0 spiro atoms. The van der Waals surface area contributed by atoms with Crippen molar-refractivity contribution in [3.63, 3.8) is 0 Å². The van der Waals surface area contributed by atoms with Crippen LogP contribution in [0.5, 0.6) is 0 Å². The van der Waals surface area contributed by atoms with Gasteiger partial charge in [0.25, 0.3) is 0 Å². The molecule has 1 aromatic rings. The number of hydrogen-bond donors (Lipinski definition) is 2. The van der Waals surface area contributed by atoms with E-state index < -0.39 is 0 Å². The average molecular weight is 222 g/mol. The van der Waals surface area contributed by atoms with Crippen LogP contribution in [0.3, 0.4) is 0 Å². The fourth-order valence-corrected chi connectivity index (χ4v) is 1.41. The minimum absolute atomic E-state index is 0.0187. The molecule has 0 radical (unpaired) electrons. The van der Waals surface area contributed by atoms with Crippen molar-refractivity contribution in [2.45, 2.75) is 25.9 Å².